The summed E-state index contributed by atoms with van der Waals surface area (Å²) < 4.78 is 51.5. The molecule has 2 aromatic carbocycles. The van der Waals surface area contributed by atoms with Gasteiger partial charge in [-0.15, -0.1) is 0 Å². The van der Waals surface area contributed by atoms with Gasteiger partial charge in [-0.05, 0) is 43.2 Å². The Bertz CT molecular complexity index is 1160. The van der Waals surface area contributed by atoms with Crippen molar-refractivity contribution in [3.63, 3.8) is 0 Å². The largest absolute Gasteiger partial charge is 0.486 e. The Hall–Kier alpha value is -3.34. The van der Waals surface area contributed by atoms with Crippen LogP contribution in [-0.4, -0.2) is 63.7 Å². The third-order valence-corrected chi connectivity index (χ3v) is 7.43. The molecular weight excluding hydrogens is 477 g/mol. The number of nitrogens with one attached hydrogen (secondary N) is 1. The van der Waals surface area contributed by atoms with E-state index in [1.165, 1.54) is 49.2 Å². The second-order valence-corrected chi connectivity index (χ2v) is 10.1. The van der Waals surface area contributed by atoms with Crippen LogP contribution < -0.4 is 19.1 Å². The van der Waals surface area contributed by atoms with Crippen LogP contribution in [0.4, 0.5) is 10.1 Å². The minimum atomic E-state index is -3.87. The molecule has 1 aliphatic rings. The summed E-state index contributed by atoms with van der Waals surface area (Å²) in [7, 11) is -2.40. The van der Waals surface area contributed by atoms with Gasteiger partial charge in [-0.25, -0.2) is 12.8 Å². The van der Waals surface area contributed by atoms with E-state index in [-0.39, 0.29) is 23.9 Å². The van der Waals surface area contributed by atoms with Crippen molar-refractivity contribution in [3.8, 4) is 11.5 Å². The first-order valence-corrected chi connectivity index (χ1v) is 13.0. The lowest BCUT2D eigenvalue weighted by molar-refractivity contribution is -0.140. The van der Waals surface area contributed by atoms with Crippen molar-refractivity contribution in [2.45, 2.75) is 32.9 Å². The van der Waals surface area contributed by atoms with Crippen molar-refractivity contribution < 1.29 is 31.9 Å². The van der Waals surface area contributed by atoms with Crippen LogP contribution in [0.1, 0.15) is 25.8 Å². The maximum atomic E-state index is 13.6. The van der Waals surface area contributed by atoms with Gasteiger partial charge in [0.15, 0.2) is 11.5 Å². The minimum Gasteiger partial charge on any atom is -0.486 e. The average molecular weight is 508 g/mol. The SMILES string of the molecule is CC[C@@H](C(=O)NC)N(Cc1ccc(F)cc1)C(=O)CN(c1ccc2c(c1)OCCO2)S(=O)(=O)CC. The lowest BCUT2D eigenvalue weighted by atomic mass is 10.1. The minimum absolute atomic E-state index is 0.00614. The first-order chi connectivity index (χ1) is 16.7. The molecule has 0 unspecified atom stereocenters. The highest BCUT2D eigenvalue weighted by Crippen LogP contribution is 2.35. The predicted molar refractivity (Wildman–Crippen MR) is 129 cm³/mol. The monoisotopic (exact) mass is 507 g/mol. The molecule has 0 spiro atoms. The van der Waals surface area contributed by atoms with Gasteiger partial charge in [0.05, 0.1) is 11.4 Å². The maximum Gasteiger partial charge on any atom is 0.244 e. The molecule has 1 heterocycles. The van der Waals surface area contributed by atoms with Crippen LogP contribution in [0.5, 0.6) is 11.5 Å². The van der Waals surface area contributed by atoms with Gasteiger partial charge in [-0.2, -0.15) is 0 Å². The number of carbonyl (C=O) groups excluding carboxylic acids is 2. The standard InChI is InChI=1S/C24H30FN3O6S/c1-4-20(24(30)26-3)27(15-17-6-8-18(25)9-7-17)23(29)16-28(35(31,32)5-2)19-10-11-21-22(14-19)34-13-12-33-21/h6-11,14,20H,4-5,12-13,15-16H2,1-3H3,(H,26,30)/t20-/m0/s1. The Kier molecular flexibility index (Phi) is 8.55. The molecule has 190 valence electrons. The molecule has 2 amide bonds. The molecule has 1 aliphatic heterocycles. The molecule has 0 saturated heterocycles. The quantitative estimate of drug-likeness (QED) is 0.529. The van der Waals surface area contributed by atoms with Crippen molar-refractivity contribution in [1.82, 2.24) is 10.2 Å². The molecule has 0 aromatic heterocycles. The van der Waals surface area contributed by atoms with Crippen molar-refractivity contribution >= 4 is 27.5 Å². The molecule has 0 saturated carbocycles. The third-order valence-electron chi connectivity index (χ3n) is 5.69. The summed E-state index contributed by atoms with van der Waals surface area (Å²) in [6.45, 7) is 3.44. The summed E-state index contributed by atoms with van der Waals surface area (Å²) in [4.78, 5) is 27.5. The van der Waals surface area contributed by atoms with E-state index in [9.17, 15) is 22.4 Å². The summed E-state index contributed by atoms with van der Waals surface area (Å²) in [5, 5.41) is 2.55. The highest BCUT2D eigenvalue weighted by molar-refractivity contribution is 7.92. The number of amides is 2. The molecule has 35 heavy (non-hydrogen) atoms. The number of carbonyl (C=O) groups is 2. The molecule has 0 radical (unpaired) electrons. The number of hydrogen-bond acceptors (Lipinski definition) is 6. The van der Waals surface area contributed by atoms with Crippen molar-refractivity contribution in [1.29, 1.82) is 0 Å². The number of sulfonamides is 1. The molecule has 3 rings (SSSR count). The topological polar surface area (TPSA) is 105 Å². The number of benzene rings is 2. The van der Waals surface area contributed by atoms with Crippen LogP contribution in [-0.2, 0) is 26.2 Å². The van der Waals surface area contributed by atoms with Gasteiger partial charge in [-0.3, -0.25) is 13.9 Å². The first-order valence-electron chi connectivity index (χ1n) is 11.4. The van der Waals surface area contributed by atoms with E-state index in [0.717, 1.165) is 4.31 Å². The van der Waals surface area contributed by atoms with Crippen LogP contribution in [0.3, 0.4) is 0 Å². The zero-order chi connectivity index (χ0) is 25.6. The molecule has 9 nitrogen and oxygen atoms in total. The van der Waals surface area contributed by atoms with E-state index in [1.807, 2.05) is 0 Å². The van der Waals surface area contributed by atoms with Gasteiger partial charge in [0.2, 0.25) is 21.8 Å². The number of fused-ring (bicyclic) bond motifs is 1. The lowest BCUT2D eigenvalue weighted by Gasteiger charge is -2.33. The Morgan fingerprint density at radius 3 is 2.31 bits per heavy atom. The van der Waals surface area contributed by atoms with E-state index >= 15 is 0 Å². The molecule has 0 bridgehead atoms. The van der Waals surface area contributed by atoms with Gasteiger partial charge in [0.25, 0.3) is 0 Å². The number of hydrogen-bond donors (Lipinski definition) is 1. The van der Waals surface area contributed by atoms with Gasteiger partial charge < -0.3 is 19.7 Å². The third kappa shape index (κ3) is 6.21. The van der Waals surface area contributed by atoms with Crippen molar-refractivity contribution in [2.75, 3.05) is 36.9 Å². The van der Waals surface area contributed by atoms with E-state index in [2.05, 4.69) is 5.32 Å². The Balaban J connectivity index is 1.97. The van der Waals surface area contributed by atoms with Crippen LogP contribution in [0.2, 0.25) is 0 Å². The van der Waals surface area contributed by atoms with E-state index in [1.54, 1.807) is 19.1 Å². The fraction of sp³-hybridized carbons (Fsp3) is 0.417. The number of rotatable bonds is 10. The van der Waals surface area contributed by atoms with Crippen LogP contribution in [0.15, 0.2) is 42.5 Å². The van der Waals surface area contributed by atoms with Crippen LogP contribution in [0.25, 0.3) is 0 Å². The zero-order valence-corrected chi connectivity index (χ0v) is 20.8. The summed E-state index contributed by atoms with van der Waals surface area (Å²) in [5.74, 6) is -0.742. The van der Waals surface area contributed by atoms with Gasteiger partial charge >= 0.3 is 0 Å². The van der Waals surface area contributed by atoms with Gasteiger partial charge in [-0.1, -0.05) is 19.1 Å². The second-order valence-electron chi connectivity index (χ2n) is 7.92. The molecule has 0 fully saturated rings. The first kappa shape index (κ1) is 26.3. The van der Waals surface area contributed by atoms with E-state index in [4.69, 9.17) is 9.47 Å². The predicted octanol–water partition coefficient (Wildman–Crippen LogP) is 2.31. The summed E-state index contributed by atoms with van der Waals surface area (Å²) in [6.07, 6.45) is 0.303. The van der Waals surface area contributed by atoms with Gasteiger partial charge in [0.1, 0.15) is 31.6 Å². The van der Waals surface area contributed by atoms with Crippen LogP contribution >= 0.6 is 0 Å². The maximum absolute atomic E-state index is 13.6. The fourth-order valence-electron chi connectivity index (χ4n) is 3.78. The highest BCUT2D eigenvalue weighted by Gasteiger charge is 2.32. The highest BCUT2D eigenvalue weighted by atomic mass is 32.2. The number of ether oxygens (including phenoxy) is 2. The molecular formula is C24H30FN3O6S. The fourth-order valence-corrected chi connectivity index (χ4v) is 4.83. The Labute approximate surface area is 204 Å². The van der Waals surface area contributed by atoms with E-state index in [0.29, 0.717) is 36.7 Å². The number of nitrogens with zero attached hydrogens (tertiary/aromatic N) is 2. The van der Waals surface area contributed by atoms with Crippen molar-refractivity contribution in [2.24, 2.45) is 0 Å². The van der Waals surface area contributed by atoms with Crippen molar-refractivity contribution in [3.05, 3.63) is 53.8 Å². The molecule has 0 aliphatic carbocycles. The summed E-state index contributed by atoms with van der Waals surface area (Å²) >= 11 is 0. The van der Waals surface area contributed by atoms with E-state index < -0.39 is 34.3 Å². The second kappa shape index (κ2) is 11.4. The number of likely N-dealkylation sites (N-methyl/N-ethyl adjacent to an activating group) is 1. The Morgan fingerprint density at radius 1 is 1.06 bits per heavy atom. The molecule has 1 N–H and O–H groups in total. The summed E-state index contributed by atoms with van der Waals surface area (Å²) in [5.41, 5.74) is 0.852. The smallest absolute Gasteiger partial charge is 0.244 e. The van der Waals surface area contributed by atoms with Crippen LogP contribution in [0, 0.1) is 5.82 Å². The zero-order valence-electron chi connectivity index (χ0n) is 20.0. The molecule has 2 aromatic rings. The Morgan fingerprint density at radius 2 is 1.71 bits per heavy atom. The molecule has 1 atom stereocenters. The molecule has 11 heteroatoms. The number of halogens is 1. The number of anilines is 1. The summed E-state index contributed by atoms with van der Waals surface area (Å²) in [6, 6.07) is 9.40. The lowest BCUT2D eigenvalue weighted by Crippen LogP contribution is -2.52. The van der Waals surface area contributed by atoms with Gasteiger partial charge in [0, 0.05) is 19.7 Å². The average Bonchev–Trinajstić information content (AvgIpc) is 2.87. The normalized spacial score (nSPS) is 13.6.